The Bertz CT molecular complexity index is 604. The fourth-order valence-corrected chi connectivity index (χ4v) is 3.56. The van der Waals surface area contributed by atoms with E-state index in [1.54, 1.807) is 11.3 Å². The highest BCUT2D eigenvalue weighted by Crippen LogP contribution is 2.21. The number of fused-ring (bicyclic) bond motifs is 1. The fourth-order valence-electron chi connectivity index (χ4n) is 2.65. The first kappa shape index (κ1) is 15.2. The van der Waals surface area contributed by atoms with E-state index in [4.69, 9.17) is 4.74 Å². The molecular weight excluding hydrogens is 298 g/mol. The average Bonchev–Trinajstić information content (AvgIpc) is 3.18. The van der Waals surface area contributed by atoms with Crippen molar-refractivity contribution in [3.63, 3.8) is 0 Å². The molecular formula is C16H21N3O2S. The van der Waals surface area contributed by atoms with Gasteiger partial charge in [0, 0.05) is 25.6 Å². The van der Waals surface area contributed by atoms with Gasteiger partial charge < -0.3 is 15.0 Å². The maximum absolute atomic E-state index is 12.3. The number of amides is 2. The summed E-state index contributed by atoms with van der Waals surface area (Å²) in [6, 6.07) is 8.01. The minimum atomic E-state index is -0.0198. The van der Waals surface area contributed by atoms with Gasteiger partial charge in [-0.15, -0.1) is 11.3 Å². The number of nitrogens with one attached hydrogen (secondary N) is 1. The zero-order valence-electron chi connectivity index (χ0n) is 12.7. The SMILES string of the molecule is CCN(CC1CCOC1)C(=O)NCc1nc2ccccc2s1. The number of carbonyl (C=O) groups excluding carboxylic acids is 1. The molecule has 1 unspecified atom stereocenters. The molecule has 2 heterocycles. The predicted octanol–water partition coefficient (Wildman–Crippen LogP) is 2.86. The van der Waals surface area contributed by atoms with E-state index in [-0.39, 0.29) is 6.03 Å². The van der Waals surface area contributed by atoms with Crippen molar-refractivity contribution in [3.05, 3.63) is 29.3 Å². The van der Waals surface area contributed by atoms with Crippen molar-refractivity contribution in [2.45, 2.75) is 19.9 Å². The Morgan fingerprint density at radius 1 is 1.50 bits per heavy atom. The number of hydrogen-bond donors (Lipinski definition) is 1. The molecule has 1 aromatic carbocycles. The van der Waals surface area contributed by atoms with E-state index in [0.717, 1.165) is 41.4 Å². The highest BCUT2D eigenvalue weighted by atomic mass is 32.1. The molecule has 0 aliphatic carbocycles. The van der Waals surface area contributed by atoms with E-state index >= 15 is 0 Å². The van der Waals surface area contributed by atoms with Crippen molar-refractivity contribution in [3.8, 4) is 0 Å². The maximum atomic E-state index is 12.3. The summed E-state index contributed by atoms with van der Waals surface area (Å²) in [5.74, 6) is 0.466. The lowest BCUT2D eigenvalue weighted by molar-refractivity contribution is 0.166. The molecule has 0 saturated carbocycles. The van der Waals surface area contributed by atoms with Crippen LogP contribution in [0.5, 0.6) is 0 Å². The summed E-state index contributed by atoms with van der Waals surface area (Å²) >= 11 is 1.63. The van der Waals surface area contributed by atoms with Gasteiger partial charge in [-0.1, -0.05) is 12.1 Å². The van der Waals surface area contributed by atoms with Crippen molar-refractivity contribution >= 4 is 27.6 Å². The van der Waals surface area contributed by atoms with E-state index in [1.807, 2.05) is 30.0 Å². The van der Waals surface area contributed by atoms with Crippen LogP contribution in [0.1, 0.15) is 18.4 Å². The highest BCUT2D eigenvalue weighted by Gasteiger charge is 2.21. The second kappa shape index (κ2) is 7.07. The minimum Gasteiger partial charge on any atom is -0.381 e. The molecule has 1 fully saturated rings. The predicted molar refractivity (Wildman–Crippen MR) is 88.0 cm³/mol. The molecule has 1 N–H and O–H groups in total. The molecule has 2 aromatic rings. The van der Waals surface area contributed by atoms with Gasteiger partial charge in [0.1, 0.15) is 5.01 Å². The number of nitrogens with zero attached hydrogens (tertiary/aromatic N) is 2. The summed E-state index contributed by atoms with van der Waals surface area (Å²) in [5, 5.41) is 3.92. The summed E-state index contributed by atoms with van der Waals surface area (Å²) in [6.45, 7) is 5.55. The van der Waals surface area contributed by atoms with Gasteiger partial charge in [0.15, 0.2) is 0 Å². The van der Waals surface area contributed by atoms with Gasteiger partial charge in [-0.3, -0.25) is 0 Å². The first-order valence-electron chi connectivity index (χ1n) is 7.71. The maximum Gasteiger partial charge on any atom is 0.317 e. The number of thiazole rings is 1. The second-order valence-electron chi connectivity index (χ2n) is 5.50. The van der Waals surface area contributed by atoms with Crippen molar-refractivity contribution in [1.29, 1.82) is 0 Å². The van der Waals surface area contributed by atoms with Gasteiger partial charge in [0.05, 0.1) is 23.4 Å². The van der Waals surface area contributed by atoms with Crippen LogP contribution in [0.4, 0.5) is 4.79 Å². The summed E-state index contributed by atoms with van der Waals surface area (Å²) < 4.78 is 6.53. The normalized spacial score (nSPS) is 17.8. The summed E-state index contributed by atoms with van der Waals surface area (Å²) in [5.41, 5.74) is 0.993. The van der Waals surface area contributed by atoms with Gasteiger partial charge in [-0.05, 0) is 25.5 Å². The molecule has 0 radical (unpaired) electrons. The van der Waals surface area contributed by atoms with Gasteiger partial charge in [-0.25, -0.2) is 9.78 Å². The van der Waals surface area contributed by atoms with Crippen molar-refractivity contribution < 1.29 is 9.53 Å². The Labute approximate surface area is 134 Å². The lowest BCUT2D eigenvalue weighted by atomic mass is 10.1. The van der Waals surface area contributed by atoms with Crippen LogP contribution in [-0.4, -0.2) is 42.2 Å². The quantitative estimate of drug-likeness (QED) is 0.922. The number of para-hydroxylation sites is 1. The van der Waals surface area contributed by atoms with Gasteiger partial charge in [0.25, 0.3) is 0 Å². The molecule has 1 aliphatic heterocycles. The van der Waals surface area contributed by atoms with Crippen molar-refractivity contribution in [2.75, 3.05) is 26.3 Å². The molecule has 0 bridgehead atoms. The molecule has 1 aliphatic rings. The van der Waals surface area contributed by atoms with Crippen LogP contribution in [0.2, 0.25) is 0 Å². The molecule has 3 rings (SSSR count). The van der Waals surface area contributed by atoms with Crippen LogP contribution < -0.4 is 5.32 Å². The van der Waals surface area contributed by atoms with E-state index < -0.39 is 0 Å². The molecule has 22 heavy (non-hydrogen) atoms. The van der Waals surface area contributed by atoms with E-state index in [1.165, 1.54) is 0 Å². The molecule has 1 saturated heterocycles. The first-order valence-corrected chi connectivity index (χ1v) is 8.53. The Morgan fingerprint density at radius 2 is 2.36 bits per heavy atom. The lowest BCUT2D eigenvalue weighted by Crippen LogP contribution is -2.42. The number of rotatable bonds is 5. The molecule has 1 atom stereocenters. The Kier molecular flexibility index (Phi) is 4.90. The van der Waals surface area contributed by atoms with E-state index in [0.29, 0.717) is 19.0 Å². The number of carbonyl (C=O) groups is 1. The van der Waals surface area contributed by atoms with Crippen LogP contribution in [0.25, 0.3) is 10.2 Å². The Balaban J connectivity index is 1.55. The van der Waals surface area contributed by atoms with Crippen molar-refractivity contribution in [1.82, 2.24) is 15.2 Å². The smallest absolute Gasteiger partial charge is 0.317 e. The second-order valence-corrected chi connectivity index (χ2v) is 6.62. The third kappa shape index (κ3) is 3.56. The third-order valence-corrected chi connectivity index (χ3v) is 4.94. The molecule has 2 amide bonds. The molecule has 118 valence electrons. The summed E-state index contributed by atoms with van der Waals surface area (Å²) in [7, 11) is 0. The van der Waals surface area contributed by atoms with Crippen LogP contribution >= 0.6 is 11.3 Å². The molecule has 0 spiro atoms. The zero-order chi connectivity index (χ0) is 15.4. The van der Waals surface area contributed by atoms with Crippen molar-refractivity contribution in [2.24, 2.45) is 5.92 Å². The number of urea groups is 1. The van der Waals surface area contributed by atoms with Crippen LogP contribution in [0, 0.1) is 5.92 Å². The van der Waals surface area contributed by atoms with E-state index in [2.05, 4.69) is 16.4 Å². The number of aromatic nitrogens is 1. The number of ether oxygens (including phenoxy) is 1. The van der Waals surface area contributed by atoms with E-state index in [9.17, 15) is 4.79 Å². The summed E-state index contributed by atoms with van der Waals surface area (Å²) in [4.78, 5) is 18.7. The summed E-state index contributed by atoms with van der Waals surface area (Å²) in [6.07, 6.45) is 1.04. The Morgan fingerprint density at radius 3 is 3.09 bits per heavy atom. The molecule has 5 nitrogen and oxygen atoms in total. The van der Waals surface area contributed by atoms with Crippen LogP contribution in [0.15, 0.2) is 24.3 Å². The lowest BCUT2D eigenvalue weighted by Gasteiger charge is -2.23. The van der Waals surface area contributed by atoms with Gasteiger partial charge >= 0.3 is 6.03 Å². The standard InChI is InChI=1S/C16H21N3O2S/c1-2-19(10-12-7-8-21-11-12)16(20)17-9-15-18-13-5-3-4-6-14(13)22-15/h3-6,12H,2,7-11H2,1H3,(H,17,20). The zero-order valence-corrected chi connectivity index (χ0v) is 13.6. The van der Waals surface area contributed by atoms with Gasteiger partial charge in [-0.2, -0.15) is 0 Å². The monoisotopic (exact) mass is 319 g/mol. The number of hydrogen-bond acceptors (Lipinski definition) is 4. The Hall–Kier alpha value is -1.66. The topological polar surface area (TPSA) is 54.5 Å². The first-order chi connectivity index (χ1) is 10.8. The molecule has 6 heteroatoms. The largest absolute Gasteiger partial charge is 0.381 e. The van der Waals surface area contributed by atoms with Crippen LogP contribution in [0.3, 0.4) is 0 Å². The number of benzene rings is 1. The van der Waals surface area contributed by atoms with Crippen LogP contribution in [-0.2, 0) is 11.3 Å². The van der Waals surface area contributed by atoms with Gasteiger partial charge in [0.2, 0.25) is 0 Å². The highest BCUT2D eigenvalue weighted by molar-refractivity contribution is 7.18. The minimum absolute atomic E-state index is 0.0198. The fraction of sp³-hybridized carbons (Fsp3) is 0.500. The third-order valence-electron chi connectivity index (χ3n) is 3.90. The molecule has 1 aromatic heterocycles. The average molecular weight is 319 g/mol.